The van der Waals surface area contributed by atoms with E-state index in [0.29, 0.717) is 47.6 Å². The summed E-state index contributed by atoms with van der Waals surface area (Å²) in [7, 11) is 0. The van der Waals surface area contributed by atoms with Crippen LogP contribution in [-0.2, 0) is 9.53 Å². The number of aromatic nitrogens is 1. The summed E-state index contributed by atoms with van der Waals surface area (Å²) in [6.07, 6.45) is 0.376. The lowest BCUT2D eigenvalue weighted by Crippen LogP contribution is -2.41. The van der Waals surface area contributed by atoms with Crippen molar-refractivity contribution in [2.45, 2.75) is 33.1 Å². The molecule has 41 heavy (non-hydrogen) atoms. The number of aryl methyl sites for hydroxylation is 1. The number of carbonyl (C=O) groups is 2. The van der Waals surface area contributed by atoms with Gasteiger partial charge in [0.2, 0.25) is 5.91 Å². The Morgan fingerprint density at radius 3 is 2.46 bits per heavy atom. The van der Waals surface area contributed by atoms with E-state index in [1.807, 2.05) is 44.2 Å². The summed E-state index contributed by atoms with van der Waals surface area (Å²) < 4.78 is 36.3. The number of carbonyl (C=O) groups excluding carboxylic acids is 2. The number of anilines is 1. The van der Waals surface area contributed by atoms with Crippen LogP contribution in [0.1, 0.15) is 41.2 Å². The van der Waals surface area contributed by atoms with Gasteiger partial charge in [-0.15, -0.1) is 11.3 Å². The molecule has 218 valence electrons. The van der Waals surface area contributed by atoms with E-state index < -0.39 is 18.3 Å². The number of nitrogens with one attached hydrogen (secondary N) is 1. The third kappa shape index (κ3) is 7.25. The zero-order valence-corrected chi connectivity index (χ0v) is 24.5. The van der Waals surface area contributed by atoms with Gasteiger partial charge in [-0.25, -0.2) is 13.8 Å². The Hall–Kier alpha value is -3.47. The molecule has 7 nitrogen and oxygen atoms in total. The summed E-state index contributed by atoms with van der Waals surface area (Å²) in [4.78, 5) is 35.0. The zero-order chi connectivity index (χ0) is 29.4. The standard InChI is InChI=1S/C29H30F2N4O3S.C2H6/c1-20-26(39-27(33-20)21-7-3-2-4-8-21)28(37)35-13-11-29(30,31)23(22-9-5-6-10-24(22)35)19-25(36)32-12-14-34-15-17-38-18-16-34;1-2/h2-10,19H,11-18H2,1H3,(H,32,36);1-2H3/b23-19-;. The van der Waals surface area contributed by atoms with Gasteiger partial charge >= 0.3 is 0 Å². The highest BCUT2D eigenvalue weighted by Gasteiger charge is 2.41. The fourth-order valence-electron chi connectivity index (χ4n) is 4.80. The summed E-state index contributed by atoms with van der Waals surface area (Å²) in [5.74, 6) is -4.27. The molecule has 2 aromatic carbocycles. The number of thiazole rings is 1. The number of allylic oxidation sites excluding steroid dienone is 1. The number of hydrogen-bond acceptors (Lipinski definition) is 6. The summed E-state index contributed by atoms with van der Waals surface area (Å²) in [5.41, 5.74) is 1.57. The van der Waals surface area contributed by atoms with E-state index in [2.05, 4.69) is 15.2 Å². The van der Waals surface area contributed by atoms with Crippen molar-refractivity contribution < 1.29 is 23.1 Å². The number of rotatable bonds is 6. The number of benzene rings is 2. The van der Waals surface area contributed by atoms with E-state index in [0.717, 1.165) is 24.7 Å². The summed E-state index contributed by atoms with van der Waals surface area (Å²) in [5, 5.41) is 3.43. The number of ether oxygens (including phenoxy) is 1. The van der Waals surface area contributed by atoms with E-state index in [9.17, 15) is 9.59 Å². The van der Waals surface area contributed by atoms with Crippen LogP contribution in [-0.4, -0.2) is 73.6 Å². The van der Waals surface area contributed by atoms with Crippen molar-refractivity contribution in [2.24, 2.45) is 0 Å². The van der Waals surface area contributed by atoms with Gasteiger partial charge in [0.15, 0.2) is 0 Å². The molecule has 0 radical (unpaired) electrons. The highest BCUT2D eigenvalue weighted by Crippen LogP contribution is 2.43. The van der Waals surface area contributed by atoms with Crippen molar-refractivity contribution in [3.8, 4) is 10.6 Å². The minimum atomic E-state index is -3.30. The first-order valence-electron chi connectivity index (χ1n) is 14.0. The molecular weight excluding hydrogens is 546 g/mol. The summed E-state index contributed by atoms with van der Waals surface area (Å²) in [6.45, 7) is 9.35. The van der Waals surface area contributed by atoms with Crippen LogP contribution in [0.5, 0.6) is 0 Å². The number of fused-ring (bicyclic) bond motifs is 1. The highest BCUT2D eigenvalue weighted by atomic mass is 32.1. The van der Waals surface area contributed by atoms with Crippen LogP contribution in [0.3, 0.4) is 0 Å². The van der Waals surface area contributed by atoms with Gasteiger partial charge in [-0.05, 0) is 13.0 Å². The lowest BCUT2D eigenvalue weighted by molar-refractivity contribution is -0.116. The Kier molecular flexibility index (Phi) is 10.4. The fraction of sp³-hybridized carbons (Fsp3) is 0.387. The van der Waals surface area contributed by atoms with E-state index in [1.165, 1.54) is 22.3 Å². The number of halogens is 2. The molecule has 0 aliphatic carbocycles. The van der Waals surface area contributed by atoms with Crippen LogP contribution in [0.25, 0.3) is 16.1 Å². The molecule has 1 fully saturated rings. The molecule has 0 saturated carbocycles. The molecule has 0 unspecified atom stereocenters. The lowest BCUT2D eigenvalue weighted by Gasteiger charge is -2.26. The molecule has 10 heteroatoms. The predicted octanol–water partition coefficient (Wildman–Crippen LogP) is 5.66. The summed E-state index contributed by atoms with van der Waals surface area (Å²) >= 11 is 1.25. The molecule has 5 rings (SSSR count). The summed E-state index contributed by atoms with van der Waals surface area (Å²) in [6, 6.07) is 16.1. The number of alkyl halides is 2. The largest absolute Gasteiger partial charge is 0.379 e. The maximum absolute atomic E-state index is 15.5. The monoisotopic (exact) mass is 582 g/mol. The SMILES string of the molecule is CC.Cc1nc(-c2ccccc2)sc1C(=O)N1CCC(F)(F)/C(=C\C(=O)NCCN2CCOCC2)c2ccccc21. The second-order valence-electron chi connectivity index (χ2n) is 9.53. The minimum absolute atomic E-state index is 0.169. The van der Waals surface area contributed by atoms with Crippen molar-refractivity contribution in [2.75, 3.05) is 50.8 Å². The molecule has 0 bridgehead atoms. The Labute approximate surface area is 243 Å². The van der Waals surface area contributed by atoms with Crippen molar-refractivity contribution >= 4 is 34.4 Å². The Morgan fingerprint density at radius 1 is 1.05 bits per heavy atom. The molecule has 3 aromatic rings. The Morgan fingerprint density at radius 2 is 1.73 bits per heavy atom. The first-order chi connectivity index (χ1) is 19.8. The average molecular weight is 583 g/mol. The zero-order valence-electron chi connectivity index (χ0n) is 23.7. The van der Waals surface area contributed by atoms with E-state index in [-0.39, 0.29) is 23.6 Å². The van der Waals surface area contributed by atoms with Crippen LogP contribution in [0, 0.1) is 6.92 Å². The third-order valence-corrected chi connectivity index (χ3v) is 8.09. The van der Waals surface area contributed by atoms with Gasteiger partial charge in [0.25, 0.3) is 11.8 Å². The van der Waals surface area contributed by atoms with Gasteiger partial charge in [0.05, 0.1) is 24.6 Å². The number of amides is 2. The van der Waals surface area contributed by atoms with E-state index in [1.54, 1.807) is 25.1 Å². The topological polar surface area (TPSA) is 74.8 Å². The van der Waals surface area contributed by atoms with Gasteiger partial charge in [-0.1, -0.05) is 62.4 Å². The second-order valence-corrected chi connectivity index (χ2v) is 10.5. The third-order valence-electron chi connectivity index (χ3n) is 6.89. The maximum Gasteiger partial charge on any atom is 0.275 e. The highest BCUT2D eigenvalue weighted by molar-refractivity contribution is 7.17. The Balaban J connectivity index is 0.00000189. The van der Waals surface area contributed by atoms with Gasteiger partial charge < -0.3 is 15.0 Å². The number of hydrogen-bond donors (Lipinski definition) is 1. The van der Waals surface area contributed by atoms with Crippen molar-refractivity contribution in [3.63, 3.8) is 0 Å². The van der Waals surface area contributed by atoms with Gasteiger partial charge in [-0.3, -0.25) is 14.5 Å². The molecule has 0 spiro atoms. The lowest BCUT2D eigenvalue weighted by atomic mass is 9.97. The normalized spacial score (nSPS) is 17.7. The first-order valence-corrected chi connectivity index (χ1v) is 14.8. The van der Waals surface area contributed by atoms with Crippen molar-refractivity contribution in [3.05, 3.63) is 76.8 Å². The molecule has 1 N–H and O–H groups in total. The molecular formula is C31H36F2N4O3S. The van der Waals surface area contributed by atoms with Crippen molar-refractivity contribution in [1.29, 1.82) is 0 Å². The van der Waals surface area contributed by atoms with Gasteiger partial charge in [0, 0.05) is 61.9 Å². The molecule has 3 heterocycles. The van der Waals surface area contributed by atoms with Crippen LogP contribution in [0.4, 0.5) is 14.5 Å². The smallest absolute Gasteiger partial charge is 0.275 e. The quantitative estimate of drug-likeness (QED) is 0.380. The van der Waals surface area contributed by atoms with E-state index >= 15 is 8.78 Å². The van der Waals surface area contributed by atoms with E-state index in [4.69, 9.17) is 4.74 Å². The fourth-order valence-corrected chi connectivity index (χ4v) is 5.82. The van der Waals surface area contributed by atoms with Crippen LogP contribution >= 0.6 is 11.3 Å². The molecule has 1 aromatic heterocycles. The van der Waals surface area contributed by atoms with Crippen LogP contribution in [0.15, 0.2) is 60.7 Å². The van der Waals surface area contributed by atoms with Crippen molar-refractivity contribution in [1.82, 2.24) is 15.2 Å². The number of morpholine rings is 1. The predicted molar refractivity (Wildman–Crippen MR) is 160 cm³/mol. The van der Waals surface area contributed by atoms with Crippen LogP contribution < -0.4 is 10.2 Å². The first kappa shape index (κ1) is 30.5. The van der Waals surface area contributed by atoms with Gasteiger partial charge in [-0.2, -0.15) is 0 Å². The molecule has 2 aliphatic heterocycles. The van der Waals surface area contributed by atoms with Gasteiger partial charge in [0.1, 0.15) is 9.88 Å². The number of para-hydroxylation sites is 1. The molecule has 0 atom stereocenters. The average Bonchev–Trinajstić information content (AvgIpc) is 3.35. The Bertz CT molecular complexity index is 1370. The second kappa shape index (κ2) is 13.9. The molecule has 2 aliphatic rings. The number of nitrogens with zero attached hydrogens (tertiary/aromatic N) is 3. The maximum atomic E-state index is 15.5. The minimum Gasteiger partial charge on any atom is -0.379 e. The molecule has 1 saturated heterocycles. The van der Waals surface area contributed by atoms with Crippen LogP contribution in [0.2, 0.25) is 0 Å². The molecule has 2 amide bonds.